The first-order valence-corrected chi connectivity index (χ1v) is 10.6. The van der Waals surface area contributed by atoms with E-state index in [1.54, 1.807) is 17.4 Å². The molecule has 0 aliphatic carbocycles. The molecule has 1 aliphatic heterocycles. The number of para-hydroxylation sites is 1. The van der Waals surface area contributed by atoms with Crippen molar-refractivity contribution < 1.29 is 9.18 Å². The van der Waals surface area contributed by atoms with Crippen molar-refractivity contribution in [2.24, 2.45) is 0 Å². The second kappa shape index (κ2) is 6.69. The molecule has 2 aromatic carbocycles. The molecule has 136 valence electrons. The SMILES string of the molecule is O=C(c1cc2cc(F)ccc2s1)N1CCC(c2nc3ccccc3s2)CC1. The normalized spacial score (nSPS) is 15.7. The highest BCUT2D eigenvalue weighted by molar-refractivity contribution is 7.20. The molecule has 3 heterocycles. The van der Waals surface area contributed by atoms with Crippen LogP contribution in [0.5, 0.6) is 0 Å². The number of fused-ring (bicyclic) bond motifs is 2. The van der Waals surface area contributed by atoms with Crippen molar-refractivity contribution in [3.05, 3.63) is 64.2 Å². The van der Waals surface area contributed by atoms with Crippen LogP contribution in [0.3, 0.4) is 0 Å². The third kappa shape index (κ3) is 3.13. The van der Waals surface area contributed by atoms with Gasteiger partial charge in [-0.15, -0.1) is 22.7 Å². The van der Waals surface area contributed by atoms with Gasteiger partial charge in [-0.05, 0) is 54.6 Å². The summed E-state index contributed by atoms with van der Waals surface area (Å²) in [6, 6.07) is 14.7. The Balaban J connectivity index is 1.31. The van der Waals surface area contributed by atoms with Gasteiger partial charge in [-0.3, -0.25) is 4.79 Å². The van der Waals surface area contributed by atoms with Crippen LogP contribution in [0, 0.1) is 5.82 Å². The molecule has 0 saturated carbocycles. The van der Waals surface area contributed by atoms with Crippen LogP contribution in [0.25, 0.3) is 20.3 Å². The third-order valence-electron chi connectivity index (χ3n) is 5.13. The van der Waals surface area contributed by atoms with Crippen molar-refractivity contribution >= 4 is 48.9 Å². The maximum absolute atomic E-state index is 13.4. The summed E-state index contributed by atoms with van der Waals surface area (Å²) in [7, 11) is 0. The predicted molar refractivity (Wildman–Crippen MR) is 109 cm³/mol. The Morgan fingerprint density at radius 1 is 1.04 bits per heavy atom. The zero-order valence-electron chi connectivity index (χ0n) is 14.5. The summed E-state index contributed by atoms with van der Waals surface area (Å²) < 4.78 is 15.6. The van der Waals surface area contributed by atoms with Crippen LogP contribution in [-0.2, 0) is 0 Å². The number of rotatable bonds is 2. The monoisotopic (exact) mass is 396 g/mol. The zero-order chi connectivity index (χ0) is 18.4. The molecule has 3 nitrogen and oxygen atoms in total. The van der Waals surface area contributed by atoms with Crippen molar-refractivity contribution in [2.75, 3.05) is 13.1 Å². The Bertz CT molecular complexity index is 1110. The molecule has 0 atom stereocenters. The molecule has 1 saturated heterocycles. The molecule has 4 aromatic rings. The molecular weight excluding hydrogens is 379 g/mol. The van der Waals surface area contributed by atoms with E-state index < -0.39 is 0 Å². The predicted octanol–water partition coefficient (Wildman–Crippen LogP) is 5.67. The molecule has 0 N–H and O–H groups in total. The van der Waals surface area contributed by atoms with Crippen molar-refractivity contribution in [3.8, 4) is 0 Å². The van der Waals surface area contributed by atoms with E-state index in [4.69, 9.17) is 4.98 Å². The summed E-state index contributed by atoms with van der Waals surface area (Å²) in [5.41, 5.74) is 1.06. The molecule has 6 heteroatoms. The van der Waals surface area contributed by atoms with Crippen LogP contribution in [0.4, 0.5) is 4.39 Å². The smallest absolute Gasteiger partial charge is 0.263 e. The molecule has 0 unspecified atom stereocenters. The van der Waals surface area contributed by atoms with Crippen molar-refractivity contribution in [1.29, 1.82) is 0 Å². The van der Waals surface area contributed by atoms with Gasteiger partial charge in [0.2, 0.25) is 0 Å². The van der Waals surface area contributed by atoms with E-state index in [0.29, 0.717) is 10.8 Å². The number of likely N-dealkylation sites (tertiary alicyclic amines) is 1. The van der Waals surface area contributed by atoms with Crippen LogP contribution in [0.1, 0.15) is 33.4 Å². The minimum atomic E-state index is -0.268. The van der Waals surface area contributed by atoms with Gasteiger partial charge in [-0.25, -0.2) is 9.37 Å². The lowest BCUT2D eigenvalue weighted by Crippen LogP contribution is -2.37. The largest absolute Gasteiger partial charge is 0.338 e. The van der Waals surface area contributed by atoms with E-state index in [9.17, 15) is 9.18 Å². The number of hydrogen-bond donors (Lipinski definition) is 0. The standard InChI is InChI=1S/C21H17FN2OS2/c22-15-5-6-17-14(11-15)12-19(26-17)21(25)24-9-7-13(8-10-24)20-23-16-3-1-2-4-18(16)27-20/h1-6,11-13H,7-10H2. The number of halogens is 1. The lowest BCUT2D eigenvalue weighted by atomic mass is 9.97. The summed E-state index contributed by atoms with van der Waals surface area (Å²) in [6.07, 6.45) is 1.87. The zero-order valence-corrected chi connectivity index (χ0v) is 16.2. The molecule has 1 fully saturated rings. The Kier molecular flexibility index (Phi) is 4.17. The Morgan fingerprint density at radius 2 is 1.85 bits per heavy atom. The van der Waals surface area contributed by atoms with Gasteiger partial charge in [0.25, 0.3) is 5.91 Å². The van der Waals surface area contributed by atoms with Crippen molar-refractivity contribution in [1.82, 2.24) is 9.88 Å². The van der Waals surface area contributed by atoms with Crippen LogP contribution in [0.2, 0.25) is 0 Å². The molecule has 0 spiro atoms. The summed E-state index contributed by atoms with van der Waals surface area (Å²) in [5, 5.41) is 1.98. The van der Waals surface area contributed by atoms with E-state index in [2.05, 4.69) is 12.1 Å². The number of benzene rings is 2. The first-order valence-electron chi connectivity index (χ1n) is 9.01. The van der Waals surface area contributed by atoms with E-state index >= 15 is 0 Å². The summed E-state index contributed by atoms with van der Waals surface area (Å²) in [4.78, 5) is 20.3. The van der Waals surface area contributed by atoms with E-state index in [0.717, 1.165) is 41.5 Å². The highest BCUT2D eigenvalue weighted by Gasteiger charge is 2.27. The molecule has 1 aliphatic rings. The van der Waals surface area contributed by atoms with Gasteiger partial charge in [0, 0.05) is 23.7 Å². The number of nitrogens with zero attached hydrogens (tertiary/aromatic N) is 2. The minimum Gasteiger partial charge on any atom is -0.338 e. The van der Waals surface area contributed by atoms with Gasteiger partial charge in [-0.1, -0.05) is 12.1 Å². The van der Waals surface area contributed by atoms with Crippen LogP contribution in [0.15, 0.2) is 48.5 Å². The molecular formula is C21H17FN2OS2. The highest BCUT2D eigenvalue weighted by Crippen LogP contribution is 2.35. The maximum Gasteiger partial charge on any atom is 0.263 e. The highest BCUT2D eigenvalue weighted by atomic mass is 32.1. The van der Waals surface area contributed by atoms with Crippen LogP contribution < -0.4 is 0 Å². The number of thiazole rings is 1. The van der Waals surface area contributed by atoms with Gasteiger partial charge in [-0.2, -0.15) is 0 Å². The summed E-state index contributed by atoms with van der Waals surface area (Å²) in [6.45, 7) is 1.48. The van der Waals surface area contributed by atoms with Gasteiger partial charge < -0.3 is 4.90 Å². The second-order valence-electron chi connectivity index (χ2n) is 6.88. The van der Waals surface area contributed by atoms with Gasteiger partial charge in [0.1, 0.15) is 5.82 Å². The lowest BCUT2D eigenvalue weighted by Gasteiger charge is -2.30. The quantitative estimate of drug-likeness (QED) is 0.437. The first kappa shape index (κ1) is 16.8. The van der Waals surface area contributed by atoms with Gasteiger partial charge in [0.15, 0.2) is 0 Å². The Morgan fingerprint density at radius 3 is 2.67 bits per heavy atom. The van der Waals surface area contributed by atoms with Crippen LogP contribution in [-0.4, -0.2) is 28.9 Å². The first-order chi connectivity index (χ1) is 13.2. The third-order valence-corrected chi connectivity index (χ3v) is 7.43. The Hall–Kier alpha value is -2.31. The maximum atomic E-state index is 13.4. The molecule has 27 heavy (non-hydrogen) atoms. The number of piperidine rings is 1. The average Bonchev–Trinajstić information content (AvgIpc) is 3.31. The molecule has 0 radical (unpaired) electrons. The fourth-order valence-corrected chi connectivity index (χ4v) is 5.82. The second-order valence-corrected chi connectivity index (χ2v) is 9.03. The minimum absolute atomic E-state index is 0.0550. The number of carbonyl (C=O) groups is 1. The summed E-state index contributed by atoms with van der Waals surface area (Å²) in [5.74, 6) is 0.207. The van der Waals surface area contributed by atoms with Crippen LogP contribution >= 0.6 is 22.7 Å². The van der Waals surface area contributed by atoms with Gasteiger partial charge >= 0.3 is 0 Å². The van der Waals surface area contributed by atoms with E-state index in [1.165, 1.54) is 33.2 Å². The number of amides is 1. The molecule has 0 bridgehead atoms. The van der Waals surface area contributed by atoms with Crippen molar-refractivity contribution in [3.63, 3.8) is 0 Å². The molecule has 2 aromatic heterocycles. The number of thiophene rings is 1. The van der Waals surface area contributed by atoms with Gasteiger partial charge in [0.05, 0.1) is 20.1 Å². The summed E-state index contributed by atoms with van der Waals surface area (Å²) >= 11 is 3.21. The molecule has 1 amide bonds. The van der Waals surface area contributed by atoms with E-state index in [-0.39, 0.29) is 11.7 Å². The van der Waals surface area contributed by atoms with Crippen molar-refractivity contribution in [2.45, 2.75) is 18.8 Å². The Labute approximate surface area is 164 Å². The number of aromatic nitrogens is 1. The fourth-order valence-electron chi connectivity index (χ4n) is 3.67. The number of hydrogen-bond acceptors (Lipinski definition) is 4. The fraction of sp³-hybridized carbons (Fsp3) is 0.238. The topological polar surface area (TPSA) is 33.2 Å². The lowest BCUT2D eigenvalue weighted by molar-refractivity contribution is 0.0718. The molecule has 5 rings (SSSR count). The van der Waals surface area contributed by atoms with E-state index in [1.807, 2.05) is 23.1 Å². The number of carbonyl (C=O) groups excluding carboxylic acids is 1. The average molecular weight is 397 g/mol.